The fourth-order valence-electron chi connectivity index (χ4n) is 2.07. The molecule has 0 aliphatic carbocycles. The molecule has 0 atom stereocenters. The molecule has 27 heavy (non-hydrogen) atoms. The van der Waals surface area contributed by atoms with Gasteiger partial charge in [0.2, 0.25) is 5.91 Å². The van der Waals surface area contributed by atoms with Crippen molar-refractivity contribution >= 4 is 40.7 Å². The predicted octanol–water partition coefficient (Wildman–Crippen LogP) is 3.53. The van der Waals surface area contributed by atoms with Gasteiger partial charge in [-0.25, -0.2) is 4.39 Å². The second kappa shape index (κ2) is 10.1. The van der Waals surface area contributed by atoms with Crippen LogP contribution in [-0.4, -0.2) is 38.7 Å². The molecule has 2 aromatic carbocycles. The minimum Gasteiger partial charge on any atom is -0.488 e. The van der Waals surface area contributed by atoms with Gasteiger partial charge in [0.15, 0.2) is 11.6 Å². The van der Waals surface area contributed by atoms with Crippen molar-refractivity contribution in [1.82, 2.24) is 5.32 Å². The quantitative estimate of drug-likeness (QED) is 0.647. The molecule has 0 unspecified atom stereocenters. The van der Waals surface area contributed by atoms with Gasteiger partial charge in [-0.1, -0.05) is 23.2 Å². The summed E-state index contributed by atoms with van der Waals surface area (Å²) in [4.78, 5) is 24.0. The van der Waals surface area contributed by atoms with Crippen LogP contribution in [0.1, 0.15) is 10.4 Å². The Labute approximate surface area is 165 Å². The van der Waals surface area contributed by atoms with Crippen LogP contribution in [0.2, 0.25) is 10.0 Å². The third-order valence-corrected chi connectivity index (χ3v) is 3.89. The maximum absolute atomic E-state index is 13.9. The Hall–Kier alpha value is -2.35. The Morgan fingerprint density at radius 1 is 1.11 bits per heavy atom. The van der Waals surface area contributed by atoms with Crippen molar-refractivity contribution < 1.29 is 23.5 Å². The lowest BCUT2D eigenvalue weighted by atomic mass is 10.2. The maximum Gasteiger partial charge on any atom is 0.253 e. The molecule has 6 nitrogen and oxygen atoms in total. The van der Waals surface area contributed by atoms with E-state index in [1.54, 1.807) is 0 Å². The summed E-state index contributed by atoms with van der Waals surface area (Å²) in [6, 6.07) is 8.40. The first-order chi connectivity index (χ1) is 12.9. The zero-order valence-electron chi connectivity index (χ0n) is 14.4. The van der Waals surface area contributed by atoms with Crippen molar-refractivity contribution in [3.05, 3.63) is 57.8 Å². The number of halogens is 3. The molecule has 2 rings (SSSR count). The Bertz CT molecular complexity index is 833. The van der Waals surface area contributed by atoms with E-state index in [1.165, 1.54) is 37.4 Å². The van der Waals surface area contributed by atoms with Crippen LogP contribution in [-0.2, 0) is 9.53 Å². The van der Waals surface area contributed by atoms with E-state index in [0.29, 0.717) is 11.6 Å². The monoisotopic (exact) mass is 414 g/mol. The molecule has 0 aromatic heterocycles. The van der Waals surface area contributed by atoms with Crippen LogP contribution in [0.4, 0.5) is 10.1 Å². The zero-order chi connectivity index (χ0) is 19.8. The molecule has 2 N–H and O–H groups in total. The van der Waals surface area contributed by atoms with E-state index >= 15 is 0 Å². The number of nitrogens with one attached hydrogen (secondary N) is 2. The summed E-state index contributed by atoms with van der Waals surface area (Å²) in [7, 11) is 1.51. The summed E-state index contributed by atoms with van der Waals surface area (Å²) in [6.45, 7) is 0.221. The lowest BCUT2D eigenvalue weighted by Crippen LogP contribution is -2.33. The molecule has 144 valence electrons. The van der Waals surface area contributed by atoms with E-state index in [-0.39, 0.29) is 35.2 Å². The van der Waals surface area contributed by atoms with Crippen molar-refractivity contribution in [2.75, 3.05) is 32.2 Å². The fraction of sp³-hybridized carbons (Fsp3) is 0.222. The number of ether oxygens (including phenoxy) is 2. The summed E-state index contributed by atoms with van der Waals surface area (Å²) < 4.78 is 23.9. The normalized spacial score (nSPS) is 10.4. The predicted molar refractivity (Wildman–Crippen MR) is 101 cm³/mol. The van der Waals surface area contributed by atoms with E-state index in [2.05, 4.69) is 10.6 Å². The summed E-state index contributed by atoms with van der Waals surface area (Å²) in [5.41, 5.74) is 0.424. The molecule has 0 saturated carbocycles. The Balaban J connectivity index is 1.88. The van der Waals surface area contributed by atoms with Gasteiger partial charge in [0.25, 0.3) is 5.91 Å². The van der Waals surface area contributed by atoms with Gasteiger partial charge >= 0.3 is 0 Å². The van der Waals surface area contributed by atoms with Crippen molar-refractivity contribution in [3.8, 4) is 5.75 Å². The van der Waals surface area contributed by atoms with Crippen LogP contribution in [0.3, 0.4) is 0 Å². The smallest absolute Gasteiger partial charge is 0.253 e. The molecule has 0 aliphatic rings. The topological polar surface area (TPSA) is 76.7 Å². The standard InChI is InChI=1S/C18H17Cl2FN2O4/c1-26-6-7-27-16-5-3-12(9-15(16)21)23-17(24)10-22-18(25)13-4-2-11(19)8-14(13)20/h2-5,8-9H,6-7,10H2,1H3,(H,22,25)(H,23,24). The molecule has 0 aliphatic heterocycles. The summed E-state index contributed by atoms with van der Waals surface area (Å²) in [6.07, 6.45) is 0. The second-order valence-electron chi connectivity index (χ2n) is 5.34. The van der Waals surface area contributed by atoms with Gasteiger partial charge in [-0.05, 0) is 30.3 Å². The van der Waals surface area contributed by atoms with E-state index in [1.807, 2.05) is 0 Å². The molecule has 2 aromatic rings. The minimum atomic E-state index is -0.624. The molecule has 2 amide bonds. The van der Waals surface area contributed by atoms with Crippen molar-refractivity contribution in [2.24, 2.45) is 0 Å². The minimum absolute atomic E-state index is 0.0516. The van der Waals surface area contributed by atoms with E-state index in [4.69, 9.17) is 32.7 Å². The van der Waals surface area contributed by atoms with Gasteiger partial charge in [-0.3, -0.25) is 9.59 Å². The average Bonchev–Trinajstić information content (AvgIpc) is 2.61. The number of carbonyl (C=O) groups is 2. The first kappa shape index (κ1) is 21.0. The van der Waals surface area contributed by atoms with Gasteiger partial charge in [0, 0.05) is 23.9 Å². The summed E-state index contributed by atoms with van der Waals surface area (Å²) in [5.74, 6) is -1.63. The highest BCUT2D eigenvalue weighted by Crippen LogP contribution is 2.22. The lowest BCUT2D eigenvalue weighted by molar-refractivity contribution is -0.115. The number of rotatable bonds is 8. The number of carbonyl (C=O) groups excluding carboxylic acids is 2. The molecular weight excluding hydrogens is 398 g/mol. The van der Waals surface area contributed by atoms with Gasteiger partial charge < -0.3 is 20.1 Å². The molecule has 0 spiro atoms. The van der Waals surface area contributed by atoms with E-state index in [9.17, 15) is 14.0 Å². The van der Waals surface area contributed by atoms with Crippen LogP contribution in [0.15, 0.2) is 36.4 Å². The highest BCUT2D eigenvalue weighted by atomic mass is 35.5. The number of benzene rings is 2. The van der Waals surface area contributed by atoms with E-state index < -0.39 is 17.6 Å². The van der Waals surface area contributed by atoms with Crippen molar-refractivity contribution in [2.45, 2.75) is 0 Å². The van der Waals surface area contributed by atoms with Gasteiger partial charge in [0.1, 0.15) is 6.61 Å². The molecule has 0 bridgehead atoms. The second-order valence-corrected chi connectivity index (χ2v) is 6.19. The average molecular weight is 415 g/mol. The van der Waals surface area contributed by atoms with Gasteiger partial charge in [-0.15, -0.1) is 0 Å². The molecular formula is C18H17Cl2FN2O4. The maximum atomic E-state index is 13.9. The lowest BCUT2D eigenvalue weighted by Gasteiger charge is -2.10. The number of anilines is 1. The number of amides is 2. The number of hydrogen-bond donors (Lipinski definition) is 2. The first-order valence-electron chi connectivity index (χ1n) is 7.85. The highest BCUT2D eigenvalue weighted by molar-refractivity contribution is 6.36. The Morgan fingerprint density at radius 2 is 1.89 bits per heavy atom. The molecule has 0 heterocycles. The number of hydrogen-bond acceptors (Lipinski definition) is 4. The van der Waals surface area contributed by atoms with Crippen molar-refractivity contribution in [1.29, 1.82) is 0 Å². The third kappa shape index (κ3) is 6.39. The van der Waals surface area contributed by atoms with Gasteiger partial charge in [-0.2, -0.15) is 0 Å². The largest absolute Gasteiger partial charge is 0.488 e. The highest BCUT2D eigenvalue weighted by Gasteiger charge is 2.13. The number of methoxy groups -OCH3 is 1. The van der Waals surface area contributed by atoms with Crippen LogP contribution < -0.4 is 15.4 Å². The van der Waals surface area contributed by atoms with Crippen molar-refractivity contribution in [3.63, 3.8) is 0 Å². The first-order valence-corrected chi connectivity index (χ1v) is 8.60. The zero-order valence-corrected chi connectivity index (χ0v) is 15.9. The van der Waals surface area contributed by atoms with Gasteiger partial charge in [0.05, 0.1) is 23.7 Å². The third-order valence-electron chi connectivity index (χ3n) is 3.35. The van der Waals surface area contributed by atoms with Crippen LogP contribution in [0, 0.1) is 5.82 Å². The van der Waals surface area contributed by atoms with Crippen LogP contribution in [0.5, 0.6) is 5.75 Å². The van der Waals surface area contributed by atoms with Crippen LogP contribution in [0.25, 0.3) is 0 Å². The Morgan fingerprint density at radius 3 is 2.56 bits per heavy atom. The summed E-state index contributed by atoms with van der Waals surface area (Å²) in [5, 5.41) is 5.48. The molecule has 0 radical (unpaired) electrons. The molecule has 9 heteroatoms. The fourth-order valence-corrected chi connectivity index (χ4v) is 2.56. The molecule has 0 fully saturated rings. The van der Waals surface area contributed by atoms with E-state index in [0.717, 1.165) is 6.07 Å². The molecule has 0 saturated heterocycles. The Kier molecular flexibility index (Phi) is 7.84. The van der Waals surface area contributed by atoms with Crippen LogP contribution >= 0.6 is 23.2 Å². The summed E-state index contributed by atoms with van der Waals surface area (Å²) >= 11 is 11.7. The SMILES string of the molecule is COCCOc1ccc(NC(=O)CNC(=O)c2ccc(Cl)cc2Cl)cc1F.